The fourth-order valence-corrected chi connectivity index (χ4v) is 4.69. The van der Waals surface area contributed by atoms with Crippen molar-refractivity contribution in [1.82, 2.24) is 9.62 Å². The van der Waals surface area contributed by atoms with Gasteiger partial charge in [0.1, 0.15) is 16.3 Å². The molecule has 2 aliphatic heterocycles. The van der Waals surface area contributed by atoms with E-state index in [9.17, 15) is 8.42 Å². The summed E-state index contributed by atoms with van der Waals surface area (Å²) in [5.74, 6) is 0.367. The van der Waals surface area contributed by atoms with Gasteiger partial charge in [-0.1, -0.05) is 6.07 Å². The van der Waals surface area contributed by atoms with Crippen molar-refractivity contribution in [2.45, 2.75) is 17.7 Å². The largest absolute Gasteiger partial charge is 0.316 e. The van der Waals surface area contributed by atoms with E-state index in [4.69, 9.17) is 0 Å². The minimum absolute atomic E-state index is 0.250. The third-order valence-electron chi connectivity index (χ3n) is 3.85. The van der Waals surface area contributed by atoms with Crippen LogP contribution in [0.1, 0.15) is 12.8 Å². The van der Waals surface area contributed by atoms with Crippen LogP contribution in [0.15, 0.2) is 31.8 Å². The molecule has 1 N–H and O–H groups in total. The van der Waals surface area contributed by atoms with Crippen molar-refractivity contribution >= 4 is 32.8 Å². The molecule has 114 valence electrons. The van der Waals surface area contributed by atoms with Crippen molar-refractivity contribution in [3.63, 3.8) is 0 Å². The number of nitrogens with zero attached hydrogens (tertiary/aromatic N) is 3. The second-order valence-electron chi connectivity index (χ2n) is 5.39. The molecule has 8 heteroatoms. The molecule has 0 bridgehead atoms. The molecule has 0 spiro atoms. The third-order valence-corrected chi connectivity index (χ3v) is 6.25. The predicted molar refractivity (Wildman–Crippen MR) is 83.4 cm³/mol. The van der Waals surface area contributed by atoms with Gasteiger partial charge >= 0.3 is 0 Å². The van der Waals surface area contributed by atoms with Gasteiger partial charge in [0.15, 0.2) is 0 Å². The monoisotopic (exact) mass is 326 g/mol. The van der Waals surface area contributed by atoms with Gasteiger partial charge in [0.05, 0.1) is 11.4 Å². The van der Waals surface area contributed by atoms with E-state index >= 15 is 0 Å². The van der Waals surface area contributed by atoms with Crippen molar-refractivity contribution < 1.29 is 8.42 Å². The van der Waals surface area contributed by atoms with Gasteiger partial charge in [-0.15, -0.1) is 0 Å². The topological polar surface area (TPSA) is 74.1 Å². The lowest BCUT2D eigenvalue weighted by Crippen LogP contribution is -2.39. The summed E-state index contributed by atoms with van der Waals surface area (Å²) in [6.07, 6.45) is 2.17. The lowest BCUT2D eigenvalue weighted by molar-refractivity contribution is 0.315. The predicted octanol–water partition coefficient (Wildman–Crippen LogP) is 2.03. The Bertz CT molecular complexity index is 705. The number of hydrogen-bond acceptors (Lipinski definition) is 5. The SMILES string of the molecule is CN(CC1CCCNC1)S(=O)(=O)c1cccc2c1N=S=N2. The molecule has 6 nitrogen and oxygen atoms in total. The smallest absolute Gasteiger partial charge is 0.245 e. The molecule has 0 saturated carbocycles. The molecule has 0 amide bonds. The molecule has 0 aliphatic carbocycles. The van der Waals surface area contributed by atoms with Crippen LogP contribution in [0.25, 0.3) is 0 Å². The van der Waals surface area contributed by atoms with E-state index in [1.165, 1.54) is 4.31 Å². The van der Waals surface area contributed by atoms with Gasteiger partial charge in [-0.3, -0.25) is 0 Å². The zero-order chi connectivity index (χ0) is 14.9. The number of rotatable bonds is 4. The third kappa shape index (κ3) is 2.94. The first-order chi connectivity index (χ1) is 10.1. The molecule has 0 aromatic heterocycles. The van der Waals surface area contributed by atoms with E-state index in [1.54, 1.807) is 25.2 Å². The maximum Gasteiger partial charge on any atom is 0.245 e. The number of nitrogens with one attached hydrogen (secondary N) is 1. The van der Waals surface area contributed by atoms with Gasteiger partial charge in [-0.25, -0.2) is 12.7 Å². The Morgan fingerprint density at radius 1 is 1.43 bits per heavy atom. The van der Waals surface area contributed by atoms with Crippen LogP contribution in [0.5, 0.6) is 0 Å². The molecular weight excluding hydrogens is 308 g/mol. The summed E-state index contributed by atoms with van der Waals surface area (Å²) in [7, 11) is -1.88. The zero-order valence-electron chi connectivity index (χ0n) is 11.8. The Balaban J connectivity index is 1.83. The summed E-state index contributed by atoms with van der Waals surface area (Å²) >= 11 is 1.04. The first-order valence-electron chi connectivity index (χ1n) is 6.97. The van der Waals surface area contributed by atoms with Gasteiger partial charge in [0.25, 0.3) is 0 Å². The fourth-order valence-electron chi connectivity index (χ4n) is 2.70. The summed E-state index contributed by atoms with van der Waals surface area (Å²) in [5, 5.41) is 3.31. The summed E-state index contributed by atoms with van der Waals surface area (Å²) in [6, 6.07) is 5.10. The Morgan fingerprint density at radius 2 is 2.29 bits per heavy atom. The molecule has 0 radical (unpaired) electrons. The average molecular weight is 326 g/mol. The minimum Gasteiger partial charge on any atom is -0.316 e. The molecule has 1 unspecified atom stereocenters. The molecule has 1 fully saturated rings. The lowest BCUT2D eigenvalue weighted by atomic mass is 10.00. The zero-order valence-corrected chi connectivity index (χ0v) is 13.5. The highest BCUT2D eigenvalue weighted by Gasteiger charge is 2.28. The Hall–Kier alpha value is -1.09. The van der Waals surface area contributed by atoms with E-state index in [0.717, 1.165) is 37.3 Å². The van der Waals surface area contributed by atoms with Crippen molar-refractivity contribution in [3.8, 4) is 0 Å². The highest BCUT2D eigenvalue weighted by atomic mass is 32.2. The van der Waals surface area contributed by atoms with E-state index in [1.807, 2.05) is 0 Å². The van der Waals surface area contributed by atoms with Gasteiger partial charge in [-0.05, 0) is 44.0 Å². The standard InChI is InChI=1S/C13H18N4O2S2/c1-17(9-10-4-3-7-14-8-10)21(18,19)12-6-2-5-11-13(12)16-20-15-11/h2,5-6,10,14H,3-4,7-9H2,1H3. The van der Waals surface area contributed by atoms with Crippen molar-refractivity contribution in [2.24, 2.45) is 14.6 Å². The first kappa shape index (κ1) is 14.8. The van der Waals surface area contributed by atoms with Crippen LogP contribution in [-0.2, 0) is 21.4 Å². The van der Waals surface area contributed by atoms with Crippen LogP contribution in [0.4, 0.5) is 11.4 Å². The van der Waals surface area contributed by atoms with E-state index < -0.39 is 10.0 Å². The quantitative estimate of drug-likeness (QED) is 0.934. The van der Waals surface area contributed by atoms with Crippen molar-refractivity contribution in [3.05, 3.63) is 18.2 Å². The second-order valence-corrected chi connectivity index (χ2v) is 7.93. The highest BCUT2D eigenvalue weighted by Crippen LogP contribution is 2.38. The van der Waals surface area contributed by atoms with Gasteiger partial charge in [-0.2, -0.15) is 8.73 Å². The van der Waals surface area contributed by atoms with Crippen LogP contribution < -0.4 is 5.32 Å². The first-order valence-corrected chi connectivity index (χ1v) is 9.14. The number of benzene rings is 1. The van der Waals surface area contributed by atoms with Crippen LogP contribution in [0.2, 0.25) is 0 Å². The van der Waals surface area contributed by atoms with Crippen LogP contribution in [0.3, 0.4) is 0 Å². The Morgan fingerprint density at radius 3 is 3.05 bits per heavy atom. The fraction of sp³-hybridized carbons (Fsp3) is 0.538. The van der Waals surface area contributed by atoms with Gasteiger partial charge in [0.2, 0.25) is 10.0 Å². The molecule has 1 saturated heterocycles. The average Bonchev–Trinajstić information content (AvgIpc) is 2.96. The maximum atomic E-state index is 12.8. The summed E-state index contributed by atoms with van der Waals surface area (Å²) in [6.45, 7) is 2.43. The van der Waals surface area contributed by atoms with Crippen LogP contribution in [0, 0.1) is 5.92 Å². The Kier molecular flexibility index (Phi) is 4.21. The molecule has 1 aromatic rings. The maximum absolute atomic E-state index is 12.8. The second kappa shape index (κ2) is 5.96. The Labute approximate surface area is 128 Å². The number of hydrogen-bond donors (Lipinski definition) is 1. The number of sulfonamides is 1. The van der Waals surface area contributed by atoms with Crippen molar-refractivity contribution in [1.29, 1.82) is 0 Å². The minimum atomic E-state index is -3.53. The van der Waals surface area contributed by atoms with Gasteiger partial charge in [0, 0.05) is 13.6 Å². The van der Waals surface area contributed by atoms with Crippen molar-refractivity contribution in [2.75, 3.05) is 26.7 Å². The molecule has 21 heavy (non-hydrogen) atoms. The number of piperidine rings is 1. The summed E-state index contributed by atoms with van der Waals surface area (Å²) < 4.78 is 35.2. The lowest BCUT2D eigenvalue weighted by Gasteiger charge is -2.27. The summed E-state index contributed by atoms with van der Waals surface area (Å²) in [4.78, 5) is 0.250. The molecule has 2 heterocycles. The number of fused-ring (bicyclic) bond motifs is 1. The van der Waals surface area contributed by atoms with E-state index in [0.29, 0.717) is 23.8 Å². The van der Waals surface area contributed by atoms with Crippen LogP contribution in [-0.4, -0.2) is 39.4 Å². The molecule has 2 aliphatic rings. The molecule has 1 aromatic carbocycles. The van der Waals surface area contributed by atoms with Crippen LogP contribution >= 0.6 is 0 Å². The normalized spacial score (nSPS) is 21.3. The summed E-state index contributed by atoms with van der Waals surface area (Å²) in [5.41, 5.74) is 1.10. The van der Waals surface area contributed by atoms with Gasteiger partial charge < -0.3 is 5.32 Å². The molecule has 3 rings (SSSR count). The van der Waals surface area contributed by atoms with E-state index in [-0.39, 0.29) is 4.90 Å². The highest BCUT2D eigenvalue weighted by molar-refractivity contribution is 7.89. The van der Waals surface area contributed by atoms with E-state index in [2.05, 4.69) is 14.0 Å². The molecule has 1 atom stereocenters. The molecular formula is C13H18N4O2S2.